The van der Waals surface area contributed by atoms with Crippen molar-refractivity contribution in [3.63, 3.8) is 0 Å². The zero-order chi connectivity index (χ0) is 19.0. The van der Waals surface area contributed by atoms with Gasteiger partial charge in [0.25, 0.3) is 11.8 Å². The van der Waals surface area contributed by atoms with E-state index in [1.165, 1.54) is 6.26 Å². The molecule has 28 heavy (non-hydrogen) atoms. The Balaban J connectivity index is 0.00000225. The van der Waals surface area contributed by atoms with E-state index in [0.717, 1.165) is 25.7 Å². The molecule has 1 amide bonds. The van der Waals surface area contributed by atoms with E-state index in [1.54, 1.807) is 31.2 Å². The molecule has 3 N–H and O–H groups in total. The van der Waals surface area contributed by atoms with Gasteiger partial charge in [-0.05, 0) is 44.0 Å². The van der Waals surface area contributed by atoms with E-state index < -0.39 is 5.54 Å². The van der Waals surface area contributed by atoms with Crippen molar-refractivity contribution in [2.24, 2.45) is 5.73 Å². The lowest BCUT2D eigenvalue weighted by Gasteiger charge is -2.17. The summed E-state index contributed by atoms with van der Waals surface area (Å²) in [7, 11) is 0. The van der Waals surface area contributed by atoms with Crippen molar-refractivity contribution in [2.45, 2.75) is 38.1 Å². The van der Waals surface area contributed by atoms with Gasteiger partial charge in [-0.15, -0.1) is 12.4 Å². The summed E-state index contributed by atoms with van der Waals surface area (Å²) in [5.41, 5.74) is 7.35. The summed E-state index contributed by atoms with van der Waals surface area (Å²) in [6.45, 7) is 1.72. The topological polar surface area (TPSA) is 107 Å². The average molecular weight is 423 g/mol. The molecular weight excluding hydrogens is 403 g/mol. The van der Waals surface area contributed by atoms with E-state index in [9.17, 15) is 4.79 Å². The highest BCUT2D eigenvalue weighted by Crippen LogP contribution is 2.37. The van der Waals surface area contributed by atoms with Gasteiger partial charge in [-0.1, -0.05) is 29.6 Å². The van der Waals surface area contributed by atoms with Crippen LogP contribution in [-0.4, -0.2) is 16.0 Å². The van der Waals surface area contributed by atoms with Crippen LogP contribution >= 0.6 is 24.0 Å². The number of hydrogen-bond acceptors (Lipinski definition) is 6. The summed E-state index contributed by atoms with van der Waals surface area (Å²) in [6, 6.07) is 6.68. The molecule has 3 aromatic rings. The van der Waals surface area contributed by atoms with Crippen molar-refractivity contribution in [3.05, 3.63) is 52.7 Å². The van der Waals surface area contributed by atoms with Crippen LogP contribution in [-0.2, 0) is 5.54 Å². The van der Waals surface area contributed by atoms with E-state index in [1.807, 2.05) is 0 Å². The van der Waals surface area contributed by atoms with Crippen LogP contribution in [0.2, 0.25) is 5.02 Å². The van der Waals surface area contributed by atoms with Crippen LogP contribution in [0.25, 0.3) is 11.5 Å². The molecule has 2 aromatic heterocycles. The van der Waals surface area contributed by atoms with Crippen molar-refractivity contribution in [1.82, 2.24) is 10.1 Å². The SMILES string of the molecule is Cc1occc1C(=O)Nc1cc(Cl)ccc1-c1nc(C2(N)CCCC2)no1.Cl. The normalized spacial score (nSPS) is 15.2. The maximum atomic E-state index is 12.6. The van der Waals surface area contributed by atoms with Gasteiger partial charge in [0.1, 0.15) is 5.76 Å². The number of halogens is 2. The van der Waals surface area contributed by atoms with Gasteiger partial charge in [-0.3, -0.25) is 4.79 Å². The lowest BCUT2D eigenvalue weighted by molar-refractivity contribution is 0.102. The summed E-state index contributed by atoms with van der Waals surface area (Å²) in [5, 5.41) is 7.40. The number of carbonyl (C=O) groups excluding carboxylic acids is 1. The fraction of sp³-hybridized carbons (Fsp3) is 0.316. The number of rotatable bonds is 4. The predicted octanol–water partition coefficient (Wildman–Crippen LogP) is 4.69. The molecule has 0 unspecified atom stereocenters. The fourth-order valence-electron chi connectivity index (χ4n) is 3.38. The Hall–Kier alpha value is -2.35. The molecule has 148 valence electrons. The third-order valence-corrected chi connectivity index (χ3v) is 5.17. The van der Waals surface area contributed by atoms with E-state index in [2.05, 4.69) is 15.5 Å². The highest BCUT2D eigenvalue weighted by Gasteiger charge is 2.36. The van der Waals surface area contributed by atoms with Crippen LogP contribution < -0.4 is 11.1 Å². The number of nitrogens with one attached hydrogen (secondary N) is 1. The maximum Gasteiger partial charge on any atom is 0.260 e. The fourth-order valence-corrected chi connectivity index (χ4v) is 3.55. The summed E-state index contributed by atoms with van der Waals surface area (Å²) >= 11 is 6.12. The molecule has 1 saturated carbocycles. The monoisotopic (exact) mass is 422 g/mol. The first kappa shape index (κ1) is 20.4. The average Bonchev–Trinajstić information content (AvgIpc) is 3.36. The van der Waals surface area contributed by atoms with Crippen molar-refractivity contribution in [2.75, 3.05) is 5.32 Å². The molecule has 0 saturated heterocycles. The number of nitrogens with two attached hydrogens (primary N) is 1. The summed E-state index contributed by atoms with van der Waals surface area (Å²) in [4.78, 5) is 17.1. The minimum atomic E-state index is -0.550. The molecular formula is C19H20Cl2N4O3. The Bertz CT molecular complexity index is 993. The number of aryl methyl sites for hydroxylation is 1. The van der Waals surface area contributed by atoms with E-state index in [0.29, 0.717) is 33.4 Å². The van der Waals surface area contributed by atoms with Gasteiger partial charge in [0.05, 0.1) is 28.6 Å². The second-order valence-electron chi connectivity index (χ2n) is 6.82. The first-order chi connectivity index (χ1) is 13.0. The van der Waals surface area contributed by atoms with Crippen LogP contribution in [0.15, 0.2) is 39.5 Å². The third-order valence-electron chi connectivity index (χ3n) is 4.93. The lowest BCUT2D eigenvalue weighted by atomic mass is 9.98. The molecule has 1 aliphatic rings. The van der Waals surface area contributed by atoms with Crippen molar-refractivity contribution >= 4 is 35.6 Å². The standard InChI is InChI=1S/C19H19ClN4O3.ClH/c1-11-13(6-9-26-11)16(25)22-15-10-12(20)4-5-14(15)17-23-18(24-27-17)19(21)7-2-3-8-19;/h4-6,9-10H,2-3,7-8,21H2,1H3,(H,22,25);1H. The zero-order valence-electron chi connectivity index (χ0n) is 15.2. The molecule has 1 aliphatic carbocycles. The first-order valence-electron chi connectivity index (χ1n) is 8.75. The van der Waals surface area contributed by atoms with Crippen LogP contribution in [0, 0.1) is 6.92 Å². The molecule has 1 aromatic carbocycles. The van der Waals surface area contributed by atoms with Gasteiger partial charge >= 0.3 is 0 Å². The first-order valence-corrected chi connectivity index (χ1v) is 9.12. The van der Waals surface area contributed by atoms with E-state index in [-0.39, 0.29) is 24.2 Å². The maximum absolute atomic E-state index is 12.6. The molecule has 7 nitrogen and oxygen atoms in total. The molecule has 4 rings (SSSR count). The van der Waals surface area contributed by atoms with Crippen molar-refractivity contribution in [3.8, 4) is 11.5 Å². The van der Waals surface area contributed by atoms with Gasteiger partial charge in [0.2, 0.25) is 0 Å². The Morgan fingerprint density at radius 1 is 1.29 bits per heavy atom. The van der Waals surface area contributed by atoms with E-state index >= 15 is 0 Å². The molecule has 2 heterocycles. The highest BCUT2D eigenvalue weighted by atomic mass is 35.5. The molecule has 0 bridgehead atoms. The van der Waals surface area contributed by atoms with Gasteiger partial charge in [0, 0.05) is 5.02 Å². The highest BCUT2D eigenvalue weighted by molar-refractivity contribution is 6.31. The molecule has 0 aliphatic heterocycles. The van der Waals surface area contributed by atoms with Gasteiger partial charge in [-0.2, -0.15) is 4.98 Å². The molecule has 0 radical (unpaired) electrons. The lowest BCUT2D eigenvalue weighted by Crippen LogP contribution is -2.34. The largest absolute Gasteiger partial charge is 0.469 e. The summed E-state index contributed by atoms with van der Waals surface area (Å²) in [6.07, 6.45) is 5.22. The minimum Gasteiger partial charge on any atom is -0.469 e. The van der Waals surface area contributed by atoms with Crippen molar-refractivity contribution < 1.29 is 13.7 Å². The smallest absolute Gasteiger partial charge is 0.260 e. The Labute approximate surface area is 173 Å². The molecule has 0 atom stereocenters. The molecule has 9 heteroatoms. The summed E-state index contributed by atoms with van der Waals surface area (Å²) in [5.74, 6) is 1.00. The molecule has 0 spiro atoms. The number of nitrogens with zero attached hydrogens (tertiary/aromatic N) is 2. The number of furan rings is 1. The van der Waals surface area contributed by atoms with Gasteiger partial charge in [0.15, 0.2) is 5.82 Å². The number of carbonyl (C=O) groups is 1. The van der Waals surface area contributed by atoms with Crippen LogP contribution in [0.4, 0.5) is 5.69 Å². The van der Waals surface area contributed by atoms with E-state index in [4.69, 9.17) is 26.3 Å². The quantitative estimate of drug-likeness (QED) is 0.630. The Kier molecular flexibility index (Phi) is 5.79. The number of hydrogen-bond donors (Lipinski definition) is 2. The van der Waals surface area contributed by atoms with Crippen LogP contribution in [0.1, 0.15) is 47.6 Å². The number of benzene rings is 1. The Morgan fingerprint density at radius 3 is 2.71 bits per heavy atom. The number of amides is 1. The van der Waals surface area contributed by atoms with Crippen LogP contribution in [0.3, 0.4) is 0 Å². The van der Waals surface area contributed by atoms with Gasteiger partial charge < -0.3 is 20.0 Å². The van der Waals surface area contributed by atoms with Crippen molar-refractivity contribution in [1.29, 1.82) is 0 Å². The number of anilines is 1. The minimum absolute atomic E-state index is 0. The van der Waals surface area contributed by atoms with Crippen LogP contribution in [0.5, 0.6) is 0 Å². The Morgan fingerprint density at radius 2 is 2.04 bits per heavy atom. The second-order valence-corrected chi connectivity index (χ2v) is 7.26. The zero-order valence-corrected chi connectivity index (χ0v) is 16.8. The third kappa shape index (κ3) is 3.78. The molecule has 1 fully saturated rings. The second kappa shape index (κ2) is 7.95. The summed E-state index contributed by atoms with van der Waals surface area (Å²) < 4.78 is 10.6. The predicted molar refractivity (Wildman–Crippen MR) is 108 cm³/mol. The van der Waals surface area contributed by atoms with Gasteiger partial charge in [-0.25, -0.2) is 0 Å². The number of aromatic nitrogens is 2.